The normalized spacial score (nSPS) is 48.4. The number of rotatable bonds is 4. The van der Waals surface area contributed by atoms with Crippen LogP contribution in [0.15, 0.2) is 0 Å². The fourth-order valence-electron chi connectivity index (χ4n) is 3.55. The van der Waals surface area contributed by atoms with Crippen molar-refractivity contribution in [2.75, 3.05) is 0 Å². The lowest BCUT2D eigenvalue weighted by Gasteiger charge is -2.48. The van der Waals surface area contributed by atoms with Crippen molar-refractivity contribution in [1.29, 1.82) is 0 Å². The van der Waals surface area contributed by atoms with Gasteiger partial charge in [0.15, 0.2) is 0 Å². The van der Waals surface area contributed by atoms with Gasteiger partial charge in [0.2, 0.25) is 0 Å². The smallest absolute Gasteiger partial charge is 0.0295 e. The van der Waals surface area contributed by atoms with Gasteiger partial charge in [-0.15, -0.1) is 0 Å². The van der Waals surface area contributed by atoms with Crippen molar-refractivity contribution in [1.82, 2.24) is 0 Å². The molecule has 0 saturated heterocycles. The molecule has 82 valence electrons. The zero-order valence-corrected chi connectivity index (χ0v) is 10.3. The largest absolute Gasteiger partial charge is 0.0625 e. The molecule has 2 rings (SSSR count). The molecule has 0 N–H and O–H groups in total. The molecule has 2 saturated carbocycles. The van der Waals surface area contributed by atoms with Gasteiger partial charge in [0, 0.05) is 0 Å². The Balaban J connectivity index is 1.70. The van der Waals surface area contributed by atoms with E-state index in [0.717, 1.165) is 23.7 Å². The van der Waals surface area contributed by atoms with Gasteiger partial charge in [0.25, 0.3) is 0 Å². The zero-order valence-electron chi connectivity index (χ0n) is 10.3. The molecule has 0 aromatic carbocycles. The fraction of sp³-hybridized carbons (Fsp3) is 1.00. The van der Waals surface area contributed by atoms with Crippen molar-refractivity contribution < 1.29 is 0 Å². The topological polar surface area (TPSA) is 0 Å². The van der Waals surface area contributed by atoms with Crippen LogP contribution < -0.4 is 0 Å². The molecule has 2 aliphatic rings. The summed E-state index contributed by atoms with van der Waals surface area (Å²) < 4.78 is 0. The fourth-order valence-corrected chi connectivity index (χ4v) is 3.55. The van der Waals surface area contributed by atoms with Crippen LogP contribution in [0.3, 0.4) is 0 Å². The summed E-state index contributed by atoms with van der Waals surface area (Å²) in [5.74, 6) is 4.11. The summed E-state index contributed by atoms with van der Waals surface area (Å²) in [6.45, 7) is 9.80. The van der Waals surface area contributed by atoms with E-state index in [4.69, 9.17) is 0 Å². The number of hydrogen-bond acceptors (Lipinski definition) is 0. The highest BCUT2D eigenvalue weighted by Gasteiger charge is 2.42. The van der Waals surface area contributed by atoms with Crippen LogP contribution in [-0.2, 0) is 0 Å². The van der Waals surface area contributed by atoms with Gasteiger partial charge in [-0.3, -0.25) is 0 Å². The second-order valence-electron chi connectivity index (χ2n) is 6.62. The quantitative estimate of drug-likeness (QED) is 0.618. The molecule has 0 spiro atoms. The van der Waals surface area contributed by atoms with Crippen LogP contribution in [0, 0.1) is 29.1 Å². The molecule has 2 fully saturated rings. The predicted molar refractivity (Wildman–Crippen MR) is 62.2 cm³/mol. The van der Waals surface area contributed by atoms with E-state index < -0.39 is 0 Å². The Morgan fingerprint density at radius 2 is 1.86 bits per heavy atom. The van der Waals surface area contributed by atoms with Gasteiger partial charge < -0.3 is 0 Å². The van der Waals surface area contributed by atoms with Crippen molar-refractivity contribution >= 4 is 0 Å². The summed E-state index contributed by atoms with van der Waals surface area (Å²) in [5.41, 5.74) is 0.706. The lowest BCUT2D eigenvalue weighted by molar-refractivity contribution is 0.0215. The lowest BCUT2D eigenvalue weighted by Crippen LogP contribution is -2.38. The first kappa shape index (κ1) is 10.5. The Bertz CT molecular complexity index is 200. The SMILES string of the molecule is CC1CC(C)(C(C)CCC2CC2C)C1. The molecule has 0 heteroatoms. The van der Waals surface area contributed by atoms with E-state index in [1.165, 1.54) is 32.1 Å². The highest BCUT2D eigenvalue weighted by atomic mass is 14.5. The Kier molecular flexibility index (Phi) is 2.66. The monoisotopic (exact) mass is 194 g/mol. The van der Waals surface area contributed by atoms with Crippen molar-refractivity contribution in [3.63, 3.8) is 0 Å². The highest BCUT2D eigenvalue weighted by molar-refractivity contribution is 4.93. The van der Waals surface area contributed by atoms with Crippen LogP contribution in [0.1, 0.15) is 59.8 Å². The van der Waals surface area contributed by atoms with E-state index in [9.17, 15) is 0 Å². The highest BCUT2D eigenvalue weighted by Crippen LogP contribution is 2.53. The molecule has 0 aromatic heterocycles. The van der Waals surface area contributed by atoms with Gasteiger partial charge in [-0.25, -0.2) is 0 Å². The summed E-state index contributed by atoms with van der Waals surface area (Å²) in [4.78, 5) is 0. The second kappa shape index (κ2) is 3.54. The minimum Gasteiger partial charge on any atom is -0.0625 e. The Morgan fingerprint density at radius 3 is 2.29 bits per heavy atom. The first-order chi connectivity index (χ1) is 6.51. The van der Waals surface area contributed by atoms with Gasteiger partial charge in [0.1, 0.15) is 0 Å². The average molecular weight is 194 g/mol. The van der Waals surface area contributed by atoms with Crippen molar-refractivity contribution in [2.24, 2.45) is 29.1 Å². The van der Waals surface area contributed by atoms with Gasteiger partial charge in [-0.1, -0.05) is 27.7 Å². The summed E-state index contributed by atoms with van der Waals surface area (Å²) in [5, 5.41) is 0. The third kappa shape index (κ3) is 1.99. The van der Waals surface area contributed by atoms with Crippen molar-refractivity contribution in [3.05, 3.63) is 0 Å². The average Bonchev–Trinajstić information content (AvgIpc) is 2.75. The molecule has 0 nitrogen and oxygen atoms in total. The molecule has 2 aliphatic carbocycles. The predicted octanol–water partition coefficient (Wildman–Crippen LogP) is 4.49. The molecular formula is C14H26. The molecule has 14 heavy (non-hydrogen) atoms. The van der Waals surface area contributed by atoms with Crippen LogP contribution in [-0.4, -0.2) is 0 Å². The van der Waals surface area contributed by atoms with Gasteiger partial charge in [0.05, 0.1) is 0 Å². The Labute approximate surface area is 89.5 Å². The standard InChI is InChI=1S/C14H26/c1-10-8-14(4,9-10)12(3)5-6-13-7-11(13)2/h10-13H,5-9H2,1-4H3. The molecule has 3 unspecified atom stereocenters. The van der Waals surface area contributed by atoms with Gasteiger partial charge >= 0.3 is 0 Å². The Morgan fingerprint density at radius 1 is 1.29 bits per heavy atom. The lowest BCUT2D eigenvalue weighted by atomic mass is 9.57. The second-order valence-corrected chi connectivity index (χ2v) is 6.62. The molecule has 3 atom stereocenters. The van der Waals surface area contributed by atoms with Crippen molar-refractivity contribution in [3.8, 4) is 0 Å². The van der Waals surface area contributed by atoms with E-state index in [1.54, 1.807) is 0 Å². The van der Waals surface area contributed by atoms with Crippen LogP contribution in [0.2, 0.25) is 0 Å². The van der Waals surface area contributed by atoms with Crippen LogP contribution in [0.25, 0.3) is 0 Å². The maximum atomic E-state index is 2.51. The Hall–Kier alpha value is 0. The van der Waals surface area contributed by atoms with E-state index in [0.29, 0.717) is 5.41 Å². The third-order valence-electron chi connectivity index (χ3n) is 5.07. The minimum atomic E-state index is 0.706. The molecule has 0 aliphatic heterocycles. The number of hydrogen-bond donors (Lipinski definition) is 0. The van der Waals surface area contributed by atoms with E-state index >= 15 is 0 Å². The van der Waals surface area contributed by atoms with Crippen LogP contribution >= 0.6 is 0 Å². The summed E-state index contributed by atoms with van der Waals surface area (Å²) in [6, 6.07) is 0. The summed E-state index contributed by atoms with van der Waals surface area (Å²) in [6.07, 6.45) is 7.47. The molecule has 0 aromatic rings. The maximum absolute atomic E-state index is 2.51. The van der Waals surface area contributed by atoms with Crippen molar-refractivity contribution in [2.45, 2.75) is 59.8 Å². The van der Waals surface area contributed by atoms with E-state index in [1.807, 2.05) is 0 Å². The molecule has 0 heterocycles. The summed E-state index contributed by atoms with van der Waals surface area (Å²) >= 11 is 0. The van der Waals surface area contributed by atoms with Gasteiger partial charge in [-0.2, -0.15) is 0 Å². The first-order valence-corrected chi connectivity index (χ1v) is 6.51. The van der Waals surface area contributed by atoms with Crippen LogP contribution in [0.5, 0.6) is 0 Å². The first-order valence-electron chi connectivity index (χ1n) is 6.51. The van der Waals surface area contributed by atoms with Crippen LogP contribution in [0.4, 0.5) is 0 Å². The summed E-state index contributed by atoms with van der Waals surface area (Å²) in [7, 11) is 0. The molecule has 0 radical (unpaired) electrons. The third-order valence-corrected chi connectivity index (χ3v) is 5.07. The zero-order chi connectivity index (χ0) is 10.3. The molecular weight excluding hydrogens is 168 g/mol. The van der Waals surface area contributed by atoms with Gasteiger partial charge in [-0.05, 0) is 61.2 Å². The minimum absolute atomic E-state index is 0.706. The maximum Gasteiger partial charge on any atom is -0.0295 e. The van der Waals surface area contributed by atoms with E-state index in [-0.39, 0.29) is 0 Å². The molecule has 0 bridgehead atoms. The van der Waals surface area contributed by atoms with E-state index in [2.05, 4.69) is 27.7 Å². The molecule has 0 amide bonds.